The quantitative estimate of drug-likeness (QED) is 0.622. The number of fused-ring (bicyclic) bond motifs is 1. The molecule has 1 aromatic heterocycles. The van der Waals surface area contributed by atoms with Crippen molar-refractivity contribution >= 4 is 25.4 Å². The zero-order valence-electron chi connectivity index (χ0n) is 8.24. The van der Waals surface area contributed by atoms with Gasteiger partial charge in [0.25, 0.3) is 0 Å². The van der Waals surface area contributed by atoms with Gasteiger partial charge in [-0.2, -0.15) is 0 Å². The number of aromatic nitrogens is 1. The second-order valence-electron chi connectivity index (χ2n) is 3.35. The highest BCUT2D eigenvalue weighted by atomic mass is 35.5. The largest absolute Gasteiger partial charge is 0.477 e. The number of pyridine rings is 1. The van der Waals surface area contributed by atoms with Gasteiger partial charge in [-0.05, 0) is 12.1 Å². The van der Waals surface area contributed by atoms with Crippen LogP contribution in [-0.4, -0.2) is 21.4 Å². The number of rotatable bonds is 1. The minimum absolute atomic E-state index is 0. The topological polar surface area (TPSA) is 106 Å². The van der Waals surface area contributed by atoms with Gasteiger partial charge < -0.3 is 20.3 Å². The second-order valence-corrected chi connectivity index (χ2v) is 4.90. The number of nitrogens with two attached hydrogens (primary N) is 1. The first kappa shape index (κ1) is 13.4. The van der Waals surface area contributed by atoms with Crippen molar-refractivity contribution in [2.45, 2.75) is 12.5 Å². The van der Waals surface area contributed by atoms with Crippen LogP contribution in [0.15, 0.2) is 12.1 Å². The molecule has 4 N–H and O–H groups in total. The molecule has 1 aromatic rings. The van der Waals surface area contributed by atoms with Gasteiger partial charge in [-0.15, -0.1) is 12.4 Å². The van der Waals surface area contributed by atoms with Crippen molar-refractivity contribution in [3.05, 3.63) is 17.7 Å². The third-order valence-corrected chi connectivity index (χ3v) is 3.09. The fraction of sp³-hybridized carbons (Fsp3) is 0.375. The molecule has 0 spiro atoms. The summed E-state index contributed by atoms with van der Waals surface area (Å²) in [5, 5.41) is 0. The van der Waals surface area contributed by atoms with Gasteiger partial charge in [0, 0.05) is 18.0 Å². The monoisotopic (exact) mass is 266 g/mol. The summed E-state index contributed by atoms with van der Waals surface area (Å²) in [6, 6.07) is 2.67. The molecule has 1 atom stereocenters. The summed E-state index contributed by atoms with van der Waals surface area (Å²) in [6.45, 7) is 0.422. The summed E-state index contributed by atoms with van der Waals surface area (Å²) in [5.41, 5.74) is 6.20. The van der Waals surface area contributed by atoms with Gasteiger partial charge in [-0.1, -0.05) is 0 Å². The lowest BCUT2D eigenvalue weighted by atomic mass is 10.1. The van der Waals surface area contributed by atoms with Crippen LogP contribution in [0.5, 0.6) is 5.88 Å². The van der Waals surface area contributed by atoms with E-state index < -0.39 is 7.60 Å². The molecule has 0 bridgehead atoms. The summed E-state index contributed by atoms with van der Waals surface area (Å²) in [6.07, 6.45) is 0.684. The molecule has 0 amide bonds. The Labute approximate surface area is 98.4 Å². The Morgan fingerprint density at radius 2 is 2.19 bits per heavy atom. The summed E-state index contributed by atoms with van der Waals surface area (Å²) in [4.78, 5) is 21.6. The van der Waals surface area contributed by atoms with Crippen LogP contribution in [0.1, 0.15) is 18.0 Å². The number of halogens is 1. The molecule has 1 aliphatic rings. The highest BCUT2D eigenvalue weighted by Gasteiger charge is 2.25. The van der Waals surface area contributed by atoms with Gasteiger partial charge in [0.1, 0.15) is 0 Å². The van der Waals surface area contributed by atoms with E-state index in [1.807, 2.05) is 0 Å². The summed E-state index contributed by atoms with van der Waals surface area (Å²) in [5.74, 6) is 0.231. The summed E-state index contributed by atoms with van der Waals surface area (Å²) >= 11 is 0. The molecule has 0 fully saturated rings. The summed E-state index contributed by atoms with van der Waals surface area (Å²) in [7, 11) is -4.32. The predicted octanol–water partition coefficient (Wildman–Crippen LogP) is 0.0887. The van der Waals surface area contributed by atoms with Crippen LogP contribution in [0.4, 0.5) is 0 Å². The molecule has 8 heteroatoms. The van der Waals surface area contributed by atoms with E-state index in [1.165, 1.54) is 6.07 Å². The molecule has 0 aromatic carbocycles. The van der Waals surface area contributed by atoms with Crippen LogP contribution in [-0.2, 0) is 4.57 Å². The Balaban J connectivity index is 0.00000128. The molecule has 0 radical (unpaired) electrons. The Kier molecular flexibility index (Phi) is 3.93. The lowest BCUT2D eigenvalue weighted by Gasteiger charge is -2.22. The van der Waals surface area contributed by atoms with Gasteiger partial charge in [0.05, 0.1) is 6.61 Å². The van der Waals surface area contributed by atoms with Crippen LogP contribution in [0.2, 0.25) is 0 Å². The van der Waals surface area contributed by atoms with E-state index >= 15 is 0 Å². The molecule has 16 heavy (non-hydrogen) atoms. The van der Waals surface area contributed by atoms with E-state index in [9.17, 15) is 4.57 Å². The molecule has 6 nitrogen and oxygen atoms in total. The van der Waals surface area contributed by atoms with Crippen molar-refractivity contribution in [2.24, 2.45) is 5.73 Å². The maximum Gasteiger partial charge on any atom is 0.374 e. The van der Waals surface area contributed by atoms with Gasteiger partial charge in [0.2, 0.25) is 5.88 Å². The number of nitrogens with zero attached hydrogens (tertiary/aromatic N) is 1. The average molecular weight is 267 g/mol. The van der Waals surface area contributed by atoms with E-state index in [4.69, 9.17) is 20.3 Å². The van der Waals surface area contributed by atoms with Crippen LogP contribution in [0, 0.1) is 0 Å². The Hall–Kier alpha value is -0.650. The van der Waals surface area contributed by atoms with Crippen LogP contribution < -0.4 is 15.9 Å². The van der Waals surface area contributed by atoms with Crippen molar-refractivity contribution in [1.29, 1.82) is 0 Å². The van der Waals surface area contributed by atoms with E-state index in [-0.39, 0.29) is 29.8 Å². The maximum absolute atomic E-state index is 10.9. The lowest BCUT2D eigenvalue weighted by molar-refractivity contribution is 0.258. The van der Waals surface area contributed by atoms with Gasteiger partial charge in [-0.3, -0.25) is 4.57 Å². The first-order valence-corrected chi connectivity index (χ1v) is 6.05. The van der Waals surface area contributed by atoms with E-state index in [2.05, 4.69) is 4.98 Å². The minimum Gasteiger partial charge on any atom is -0.477 e. The average Bonchev–Trinajstić information content (AvgIpc) is 2.16. The van der Waals surface area contributed by atoms with Crippen LogP contribution in [0.3, 0.4) is 0 Å². The van der Waals surface area contributed by atoms with Crippen molar-refractivity contribution in [3.8, 4) is 5.88 Å². The lowest BCUT2D eigenvalue weighted by Crippen LogP contribution is -2.23. The molecular weight excluding hydrogens is 255 g/mol. The molecule has 1 aliphatic heterocycles. The van der Waals surface area contributed by atoms with Crippen molar-refractivity contribution in [2.75, 3.05) is 6.61 Å². The van der Waals surface area contributed by atoms with Crippen molar-refractivity contribution in [1.82, 2.24) is 4.98 Å². The molecule has 0 saturated carbocycles. The number of ether oxygens (including phenoxy) is 1. The van der Waals surface area contributed by atoms with Crippen LogP contribution >= 0.6 is 20.0 Å². The van der Waals surface area contributed by atoms with E-state index in [1.54, 1.807) is 6.07 Å². The SMILES string of the molecule is Cl.NC1CCOc2nc(P(=O)(O)O)ccc21. The van der Waals surface area contributed by atoms with Gasteiger partial charge in [-0.25, -0.2) is 4.98 Å². The fourth-order valence-corrected chi connectivity index (χ4v) is 1.93. The molecule has 2 rings (SSSR count). The molecule has 0 aliphatic carbocycles. The van der Waals surface area contributed by atoms with Crippen molar-refractivity contribution in [3.63, 3.8) is 0 Å². The molecule has 2 heterocycles. The Bertz CT molecular complexity index is 436. The Morgan fingerprint density at radius 1 is 1.50 bits per heavy atom. The van der Waals surface area contributed by atoms with E-state index in [0.29, 0.717) is 18.6 Å². The fourth-order valence-electron chi connectivity index (χ4n) is 1.44. The predicted molar refractivity (Wildman–Crippen MR) is 60.2 cm³/mol. The first-order chi connectivity index (χ1) is 6.98. The molecule has 1 unspecified atom stereocenters. The smallest absolute Gasteiger partial charge is 0.374 e. The minimum atomic E-state index is -4.32. The Morgan fingerprint density at radius 3 is 2.81 bits per heavy atom. The first-order valence-electron chi connectivity index (χ1n) is 4.44. The third-order valence-electron chi connectivity index (χ3n) is 2.24. The van der Waals surface area contributed by atoms with Gasteiger partial charge >= 0.3 is 7.60 Å². The molecular formula is C8H12ClN2O4P. The number of hydrogen-bond donors (Lipinski definition) is 3. The normalized spacial score (nSPS) is 19.3. The highest BCUT2D eigenvalue weighted by Crippen LogP contribution is 2.35. The summed E-state index contributed by atoms with van der Waals surface area (Å²) < 4.78 is 16.1. The maximum atomic E-state index is 10.9. The van der Waals surface area contributed by atoms with Crippen LogP contribution in [0.25, 0.3) is 0 Å². The second kappa shape index (κ2) is 4.69. The third kappa shape index (κ3) is 2.53. The molecule has 90 valence electrons. The molecule has 0 saturated heterocycles. The van der Waals surface area contributed by atoms with Gasteiger partial charge in [0.15, 0.2) is 5.44 Å². The zero-order chi connectivity index (χ0) is 11.1. The van der Waals surface area contributed by atoms with Crippen molar-refractivity contribution < 1.29 is 19.1 Å². The standard InChI is InChI=1S/C8H11N2O4P.ClH/c9-6-3-4-14-8-5(6)1-2-7(10-8)15(11,12)13;/h1-2,6H,3-4,9H2,(H2,11,12,13);1H. The number of hydrogen-bond acceptors (Lipinski definition) is 4. The highest BCUT2D eigenvalue weighted by molar-refractivity contribution is 7.60. The zero-order valence-corrected chi connectivity index (χ0v) is 9.95. The van der Waals surface area contributed by atoms with E-state index in [0.717, 1.165) is 0 Å².